The van der Waals surface area contributed by atoms with Crippen molar-refractivity contribution in [2.45, 2.75) is 31.7 Å². The van der Waals surface area contributed by atoms with Gasteiger partial charge >= 0.3 is 0 Å². The summed E-state index contributed by atoms with van der Waals surface area (Å²) in [5.41, 5.74) is 1.19. The Morgan fingerprint density at radius 3 is 2.74 bits per heavy atom. The first kappa shape index (κ1) is 16.3. The number of carbonyl (C=O) groups excluding carboxylic acids is 1. The van der Waals surface area contributed by atoms with Gasteiger partial charge in [-0.1, -0.05) is 23.7 Å². The van der Waals surface area contributed by atoms with E-state index in [2.05, 4.69) is 10.6 Å². The molecule has 0 saturated carbocycles. The molecule has 1 aliphatic heterocycles. The van der Waals surface area contributed by atoms with Gasteiger partial charge in [0.1, 0.15) is 0 Å². The Morgan fingerprint density at radius 1 is 1.37 bits per heavy atom. The Kier molecular flexibility index (Phi) is 7.21. The van der Waals surface area contributed by atoms with Crippen LogP contribution in [0.1, 0.15) is 24.8 Å². The van der Waals surface area contributed by atoms with Crippen molar-refractivity contribution in [2.24, 2.45) is 0 Å². The van der Waals surface area contributed by atoms with Gasteiger partial charge in [0.25, 0.3) is 0 Å². The number of hydrogen-bond donors (Lipinski definition) is 2. The molecule has 0 bridgehead atoms. The molecule has 2 N–H and O–H groups in total. The van der Waals surface area contributed by atoms with E-state index in [4.69, 9.17) is 11.6 Å². The van der Waals surface area contributed by atoms with Crippen LogP contribution in [0.3, 0.4) is 0 Å². The monoisotopic (exact) mass is 302 g/mol. The summed E-state index contributed by atoms with van der Waals surface area (Å²) in [4.78, 5) is 11.7. The second-order valence-corrected chi connectivity index (χ2v) is 5.16. The molecule has 3 nitrogen and oxygen atoms in total. The molecule has 1 amide bonds. The highest BCUT2D eigenvalue weighted by Gasteiger charge is 2.16. The first-order valence-electron chi connectivity index (χ1n) is 6.48. The van der Waals surface area contributed by atoms with Crippen molar-refractivity contribution in [1.82, 2.24) is 10.6 Å². The van der Waals surface area contributed by atoms with E-state index in [1.54, 1.807) is 0 Å². The van der Waals surface area contributed by atoms with E-state index < -0.39 is 0 Å². The summed E-state index contributed by atoms with van der Waals surface area (Å²) >= 11 is 5.81. The molecule has 1 aliphatic rings. The topological polar surface area (TPSA) is 41.1 Å². The van der Waals surface area contributed by atoms with Gasteiger partial charge in [0.15, 0.2) is 0 Å². The number of nitrogens with one attached hydrogen (secondary N) is 2. The van der Waals surface area contributed by atoms with E-state index in [-0.39, 0.29) is 18.3 Å². The van der Waals surface area contributed by atoms with E-state index in [0.717, 1.165) is 24.4 Å². The molecular weight excluding hydrogens is 283 g/mol. The first-order valence-corrected chi connectivity index (χ1v) is 6.86. The quantitative estimate of drug-likeness (QED) is 0.878. The maximum absolute atomic E-state index is 11.7. The van der Waals surface area contributed by atoms with Crippen LogP contribution in [-0.4, -0.2) is 25.0 Å². The fraction of sp³-hybridized carbons (Fsp3) is 0.500. The maximum atomic E-state index is 11.7. The minimum Gasteiger partial charge on any atom is -0.356 e. The Morgan fingerprint density at radius 2 is 2.11 bits per heavy atom. The summed E-state index contributed by atoms with van der Waals surface area (Å²) in [5, 5.41) is 7.03. The summed E-state index contributed by atoms with van der Waals surface area (Å²) in [6.07, 6.45) is 3.74. The van der Waals surface area contributed by atoms with Gasteiger partial charge in [-0.2, -0.15) is 0 Å². The highest BCUT2D eigenvalue weighted by Crippen LogP contribution is 2.10. The number of rotatable bonds is 5. The largest absolute Gasteiger partial charge is 0.356 e. The SMILES string of the molecule is Cl.O=C(CC1CCCN1)NCCc1ccc(Cl)cc1. The Bertz CT molecular complexity index is 389. The van der Waals surface area contributed by atoms with E-state index >= 15 is 0 Å². The molecule has 106 valence electrons. The van der Waals surface area contributed by atoms with Crippen molar-refractivity contribution in [1.29, 1.82) is 0 Å². The van der Waals surface area contributed by atoms with Crippen molar-refractivity contribution < 1.29 is 4.79 Å². The van der Waals surface area contributed by atoms with E-state index in [0.29, 0.717) is 19.0 Å². The van der Waals surface area contributed by atoms with Gasteiger partial charge in [-0.05, 0) is 43.5 Å². The number of carbonyl (C=O) groups is 1. The van der Waals surface area contributed by atoms with Crippen LogP contribution < -0.4 is 10.6 Å². The van der Waals surface area contributed by atoms with Crippen LogP contribution in [-0.2, 0) is 11.2 Å². The highest BCUT2D eigenvalue weighted by molar-refractivity contribution is 6.30. The Balaban J connectivity index is 0.00000180. The lowest BCUT2D eigenvalue weighted by Gasteiger charge is -2.10. The Labute approximate surface area is 125 Å². The van der Waals surface area contributed by atoms with Crippen LogP contribution in [0.4, 0.5) is 0 Å². The fourth-order valence-corrected chi connectivity index (χ4v) is 2.35. The van der Waals surface area contributed by atoms with Gasteiger partial charge < -0.3 is 10.6 Å². The van der Waals surface area contributed by atoms with Gasteiger partial charge in [-0.15, -0.1) is 12.4 Å². The summed E-state index contributed by atoms with van der Waals surface area (Å²) in [5.74, 6) is 0.142. The van der Waals surface area contributed by atoms with Crippen LogP contribution >= 0.6 is 24.0 Å². The third-order valence-electron chi connectivity index (χ3n) is 3.24. The summed E-state index contributed by atoms with van der Waals surface area (Å²) < 4.78 is 0. The number of benzene rings is 1. The van der Waals surface area contributed by atoms with Gasteiger partial charge in [0.2, 0.25) is 5.91 Å². The number of halogens is 2. The average molecular weight is 303 g/mol. The summed E-state index contributed by atoms with van der Waals surface area (Å²) in [7, 11) is 0. The zero-order valence-corrected chi connectivity index (χ0v) is 12.4. The molecule has 1 atom stereocenters. The smallest absolute Gasteiger partial charge is 0.221 e. The fourth-order valence-electron chi connectivity index (χ4n) is 2.22. The molecule has 5 heteroatoms. The van der Waals surface area contributed by atoms with Crippen LogP contribution in [0.2, 0.25) is 5.02 Å². The van der Waals surface area contributed by atoms with E-state index in [1.165, 1.54) is 12.0 Å². The van der Waals surface area contributed by atoms with Crippen molar-refractivity contribution >= 4 is 29.9 Å². The normalized spacial score (nSPS) is 17.8. The van der Waals surface area contributed by atoms with E-state index in [1.807, 2.05) is 24.3 Å². The van der Waals surface area contributed by atoms with Crippen molar-refractivity contribution in [2.75, 3.05) is 13.1 Å². The second-order valence-electron chi connectivity index (χ2n) is 4.72. The molecule has 1 heterocycles. The molecule has 1 saturated heterocycles. The van der Waals surface area contributed by atoms with Gasteiger partial charge in [0.05, 0.1) is 0 Å². The second kappa shape index (κ2) is 8.41. The molecule has 2 rings (SSSR count). The zero-order chi connectivity index (χ0) is 12.8. The minimum atomic E-state index is 0. The molecule has 0 aliphatic carbocycles. The van der Waals surface area contributed by atoms with E-state index in [9.17, 15) is 4.79 Å². The molecule has 1 aromatic carbocycles. The lowest BCUT2D eigenvalue weighted by molar-refractivity contribution is -0.121. The van der Waals surface area contributed by atoms with Gasteiger partial charge in [-0.3, -0.25) is 4.79 Å². The third-order valence-corrected chi connectivity index (χ3v) is 3.50. The molecule has 1 fully saturated rings. The third kappa shape index (κ3) is 5.81. The van der Waals surface area contributed by atoms with Crippen molar-refractivity contribution in [3.8, 4) is 0 Å². The van der Waals surface area contributed by atoms with Crippen molar-refractivity contribution in [3.63, 3.8) is 0 Å². The lowest BCUT2D eigenvalue weighted by Crippen LogP contribution is -2.32. The maximum Gasteiger partial charge on any atom is 0.221 e. The summed E-state index contributed by atoms with van der Waals surface area (Å²) in [6.45, 7) is 1.73. The van der Waals surface area contributed by atoms with Crippen LogP contribution in [0, 0.1) is 0 Å². The summed E-state index contributed by atoms with van der Waals surface area (Å²) in [6, 6.07) is 8.11. The number of amides is 1. The molecule has 1 unspecified atom stereocenters. The first-order chi connectivity index (χ1) is 8.74. The van der Waals surface area contributed by atoms with Crippen LogP contribution in [0.25, 0.3) is 0 Å². The number of hydrogen-bond acceptors (Lipinski definition) is 2. The van der Waals surface area contributed by atoms with Crippen LogP contribution in [0.15, 0.2) is 24.3 Å². The predicted molar refractivity (Wildman–Crippen MR) is 81.1 cm³/mol. The van der Waals surface area contributed by atoms with Crippen LogP contribution in [0.5, 0.6) is 0 Å². The zero-order valence-electron chi connectivity index (χ0n) is 10.8. The average Bonchev–Trinajstić information content (AvgIpc) is 2.84. The minimum absolute atomic E-state index is 0. The van der Waals surface area contributed by atoms with Gasteiger partial charge in [-0.25, -0.2) is 0 Å². The van der Waals surface area contributed by atoms with Gasteiger partial charge in [0, 0.05) is 24.0 Å². The standard InChI is InChI=1S/C14H19ClN2O.ClH/c15-12-5-3-11(4-6-12)7-9-17-14(18)10-13-2-1-8-16-13;/h3-6,13,16H,1-2,7-10H2,(H,17,18);1H. The predicted octanol–water partition coefficient (Wildman–Crippen LogP) is 2.56. The lowest BCUT2D eigenvalue weighted by atomic mass is 10.1. The molecule has 1 aromatic rings. The molecule has 0 radical (unpaired) electrons. The molecule has 19 heavy (non-hydrogen) atoms. The van der Waals surface area contributed by atoms with Crippen molar-refractivity contribution in [3.05, 3.63) is 34.9 Å². The molecular formula is C14H20Cl2N2O. The highest BCUT2D eigenvalue weighted by atomic mass is 35.5. The molecule has 0 spiro atoms. The Hall–Kier alpha value is -0.770. The molecule has 0 aromatic heterocycles.